The summed E-state index contributed by atoms with van der Waals surface area (Å²) >= 11 is 0. The van der Waals surface area contributed by atoms with Crippen LogP contribution in [0.1, 0.15) is 36.0 Å². The number of hydrogen-bond acceptors (Lipinski definition) is 4. The number of likely N-dealkylation sites (tertiary alicyclic amines) is 1. The monoisotopic (exact) mass is 383 g/mol. The molecule has 1 saturated heterocycles. The number of amides is 1. The second kappa shape index (κ2) is 8.37. The van der Waals surface area contributed by atoms with Gasteiger partial charge in [-0.15, -0.1) is 0 Å². The molecule has 2 aliphatic rings. The van der Waals surface area contributed by atoms with Gasteiger partial charge in [-0.1, -0.05) is 18.6 Å². The maximum absolute atomic E-state index is 13.4. The number of nitrogens with one attached hydrogen (secondary N) is 1. The molecule has 1 aromatic heterocycles. The second-order valence-electron chi connectivity index (χ2n) is 8.02. The number of β-amino-alcohol motifs (C(OH)–C–C–N with tert-alkyl or cyclic N) is 1. The molecule has 1 saturated carbocycles. The SMILES string of the molecule is O=C(N[C@@H]1CCC[C@H](CN2CC(O)C2)C1)c1ccc(-c2cccc(F)c2)nc1. The van der Waals surface area contributed by atoms with Gasteiger partial charge in [0.25, 0.3) is 5.91 Å². The van der Waals surface area contributed by atoms with E-state index in [-0.39, 0.29) is 23.9 Å². The van der Waals surface area contributed by atoms with Crippen molar-refractivity contribution in [2.45, 2.75) is 37.8 Å². The van der Waals surface area contributed by atoms with E-state index in [2.05, 4.69) is 15.2 Å². The average Bonchev–Trinajstić information content (AvgIpc) is 2.67. The third-order valence-electron chi connectivity index (χ3n) is 5.72. The van der Waals surface area contributed by atoms with Crippen LogP contribution >= 0.6 is 0 Å². The normalized spacial score (nSPS) is 23.2. The summed E-state index contributed by atoms with van der Waals surface area (Å²) in [5, 5.41) is 12.6. The number of benzene rings is 1. The van der Waals surface area contributed by atoms with Gasteiger partial charge in [-0.05, 0) is 49.4 Å². The van der Waals surface area contributed by atoms with Gasteiger partial charge in [0.2, 0.25) is 0 Å². The van der Waals surface area contributed by atoms with E-state index < -0.39 is 0 Å². The number of aliphatic hydroxyl groups is 1. The van der Waals surface area contributed by atoms with E-state index in [9.17, 15) is 14.3 Å². The van der Waals surface area contributed by atoms with E-state index in [1.54, 1.807) is 30.5 Å². The molecule has 0 radical (unpaired) electrons. The molecule has 28 heavy (non-hydrogen) atoms. The first-order chi connectivity index (χ1) is 13.6. The van der Waals surface area contributed by atoms with Gasteiger partial charge in [-0.25, -0.2) is 4.39 Å². The summed E-state index contributed by atoms with van der Waals surface area (Å²) in [6.45, 7) is 2.56. The molecule has 0 unspecified atom stereocenters. The average molecular weight is 383 g/mol. The van der Waals surface area contributed by atoms with Crippen LogP contribution in [0.2, 0.25) is 0 Å². The molecule has 2 N–H and O–H groups in total. The van der Waals surface area contributed by atoms with E-state index in [4.69, 9.17) is 0 Å². The zero-order valence-corrected chi connectivity index (χ0v) is 15.9. The summed E-state index contributed by atoms with van der Waals surface area (Å²) in [7, 11) is 0. The zero-order valence-electron chi connectivity index (χ0n) is 15.9. The summed E-state index contributed by atoms with van der Waals surface area (Å²) in [6, 6.07) is 9.94. The molecule has 4 rings (SSSR count). The molecule has 2 fully saturated rings. The molecule has 1 aliphatic heterocycles. The Morgan fingerprint density at radius 1 is 1.25 bits per heavy atom. The van der Waals surface area contributed by atoms with Crippen molar-refractivity contribution in [2.75, 3.05) is 19.6 Å². The van der Waals surface area contributed by atoms with Crippen LogP contribution in [0.4, 0.5) is 4.39 Å². The maximum Gasteiger partial charge on any atom is 0.253 e. The molecule has 1 aliphatic carbocycles. The highest BCUT2D eigenvalue weighted by atomic mass is 19.1. The van der Waals surface area contributed by atoms with E-state index in [1.807, 2.05) is 0 Å². The summed E-state index contributed by atoms with van der Waals surface area (Å²) < 4.78 is 13.4. The molecule has 5 nitrogen and oxygen atoms in total. The van der Waals surface area contributed by atoms with Crippen molar-refractivity contribution >= 4 is 5.91 Å². The van der Waals surface area contributed by atoms with Crippen molar-refractivity contribution in [3.8, 4) is 11.3 Å². The van der Waals surface area contributed by atoms with E-state index in [0.717, 1.165) is 38.9 Å². The predicted molar refractivity (Wildman–Crippen MR) is 105 cm³/mol. The van der Waals surface area contributed by atoms with Crippen molar-refractivity contribution in [3.63, 3.8) is 0 Å². The summed E-state index contributed by atoms with van der Waals surface area (Å²) in [4.78, 5) is 19.2. The minimum atomic E-state index is -0.305. The number of nitrogens with zero attached hydrogens (tertiary/aromatic N) is 2. The number of rotatable bonds is 5. The third-order valence-corrected chi connectivity index (χ3v) is 5.72. The number of carbonyl (C=O) groups is 1. The van der Waals surface area contributed by atoms with Gasteiger partial charge in [0, 0.05) is 37.4 Å². The minimum absolute atomic E-state index is 0.108. The lowest BCUT2D eigenvalue weighted by molar-refractivity contribution is -0.0105. The summed E-state index contributed by atoms with van der Waals surface area (Å²) in [6.07, 6.45) is 5.66. The Balaban J connectivity index is 1.33. The number of pyridine rings is 1. The number of halogens is 1. The Hall–Kier alpha value is -2.31. The fraction of sp³-hybridized carbons (Fsp3) is 0.455. The molecule has 2 heterocycles. The van der Waals surface area contributed by atoms with Crippen LogP contribution in [0.25, 0.3) is 11.3 Å². The molecular formula is C22H26FN3O2. The number of aliphatic hydroxyl groups excluding tert-OH is 1. The Labute approximate surface area is 164 Å². The zero-order chi connectivity index (χ0) is 19.5. The predicted octanol–water partition coefficient (Wildman–Crippen LogP) is 2.85. The molecule has 2 aromatic rings. The highest BCUT2D eigenvalue weighted by Gasteiger charge is 2.30. The third kappa shape index (κ3) is 4.56. The molecule has 1 amide bonds. The first-order valence-corrected chi connectivity index (χ1v) is 10.00. The van der Waals surface area contributed by atoms with Crippen molar-refractivity contribution in [2.24, 2.45) is 5.92 Å². The molecule has 0 spiro atoms. The highest BCUT2D eigenvalue weighted by molar-refractivity contribution is 5.94. The van der Waals surface area contributed by atoms with Crippen molar-refractivity contribution in [1.29, 1.82) is 0 Å². The Kier molecular flexibility index (Phi) is 5.69. The Bertz CT molecular complexity index is 821. The van der Waals surface area contributed by atoms with E-state index >= 15 is 0 Å². The van der Waals surface area contributed by atoms with Gasteiger partial charge >= 0.3 is 0 Å². The van der Waals surface area contributed by atoms with Gasteiger partial charge in [-0.3, -0.25) is 14.7 Å². The van der Waals surface area contributed by atoms with Crippen LogP contribution in [0.3, 0.4) is 0 Å². The smallest absolute Gasteiger partial charge is 0.253 e. The largest absolute Gasteiger partial charge is 0.390 e. The molecule has 2 atom stereocenters. The van der Waals surface area contributed by atoms with Gasteiger partial charge in [0.15, 0.2) is 0 Å². The first-order valence-electron chi connectivity index (χ1n) is 10.00. The van der Waals surface area contributed by atoms with Crippen LogP contribution in [0, 0.1) is 11.7 Å². The van der Waals surface area contributed by atoms with Crippen LogP contribution in [-0.4, -0.2) is 52.7 Å². The minimum Gasteiger partial charge on any atom is -0.390 e. The van der Waals surface area contributed by atoms with Crippen LogP contribution in [0.5, 0.6) is 0 Å². The number of aromatic nitrogens is 1. The van der Waals surface area contributed by atoms with Crippen molar-refractivity contribution in [1.82, 2.24) is 15.2 Å². The quantitative estimate of drug-likeness (QED) is 0.833. The standard InChI is InChI=1S/C22H26FN3O2/c23-18-5-2-4-16(10-18)21-8-7-17(11-24-21)22(28)25-19-6-1-3-15(9-19)12-26-13-20(27)14-26/h2,4-5,7-8,10-11,15,19-20,27H,1,3,6,9,12-14H2,(H,25,28)/t15-,19+/m0/s1. The molecule has 6 heteroatoms. The summed E-state index contributed by atoms with van der Waals surface area (Å²) in [5.74, 6) is 0.157. The Morgan fingerprint density at radius 3 is 2.82 bits per heavy atom. The highest BCUT2D eigenvalue weighted by Crippen LogP contribution is 2.27. The lowest BCUT2D eigenvalue weighted by Gasteiger charge is -2.40. The molecule has 148 valence electrons. The maximum atomic E-state index is 13.4. The van der Waals surface area contributed by atoms with E-state index in [1.165, 1.54) is 18.6 Å². The van der Waals surface area contributed by atoms with Crippen molar-refractivity contribution in [3.05, 3.63) is 54.0 Å². The molecular weight excluding hydrogens is 357 g/mol. The number of carbonyl (C=O) groups excluding carboxylic acids is 1. The summed E-state index contributed by atoms with van der Waals surface area (Å²) in [5.41, 5.74) is 1.86. The molecule has 0 bridgehead atoms. The second-order valence-corrected chi connectivity index (χ2v) is 8.02. The van der Waals surface area contributed by atoms with Crippen LogP contribution in [0.15, 0.2) is 42.6 Å². The fourth-order valence-electron chi connectivity index (χ4n) is 4.26. The van der Waals surface area contributed by atoms with Gasteiger partial charge < -0.3 is 10.4 Å². The van der Waals surface area contributed by atoms with Crippen molar-refractivity contribution < 1.29 is 14.3 Å². The first kappa shape index (κ1) is 19.0. The molecule has 1 aromatic carbocycles. The van der Waals surface area contributed by atoms with E-state index in [0.29, 0.717) is 22.7 Å². The topological polar surface area (TPSA) is 65.5 Å². The Morgan fingerprint density at radius 2 is 2.11 bits per heavy atom. The fourth-order valence-corrected chi connectivity index (χ4v) is 4.26. The van der Waals surface area contributed by atoms with Crippen LogP contribution < -0.4 is 5.32 Å². The van der Waals surface area contributed by atoms with Gasteiger partial charge in [0.1, 0.15) is 5.82 Å². The lowest BCUT2D eigenvalue weighted by atomic mass is 9.84. The van der Waals surface area contributed by atoms with Gasteiger partial charge in [0.05, 0.1) is 17.4 Å². The lowest BCUT2D eigenvalue weighted by Crippen LogP contribution is -2.53. The number of hydrogen-bond donors (Lipinski definition) is 2. The van der Waals surface area contributed by atoms with Crippen LogP contribution in [-0.2, 0) is 0 Å². The van der Waals surface area contributed by atoms with Gasteiger partial charge in [-0.2, -0.15) is 0 Å².